The maximum atomic E-state index is 12.2. The van der Waals surface area contributed by atoms with Gasteiger partial charge in [0.25, 0.3) is 5.69 Å². The Balaban J connectivity index is 2.14. The number of non-ortho nitro benzene ring substituents is 1. The van der Waals surface area contributed by atoms with Crippen molar-refractivity contribution in [2.45, 2.75) is 17.7 Å². The molecule has 0 spiro atoms. The van der Waals surface area contributed by atoms with Crippen LogP contribution in [-0.4, -0.2) is 31.4 Å². The number of rotatable bonds is 5. The zero-order valence-corrected chi connectivity index (χ0v) is 13.5. The van der Waals surface area contributed by atoms with Gasteiger partial charge in [-0.1, -0.05) is 11.6 Å². The summed E-state index contributed by atoms with van der Waals surface area (Å²) >= 11 is 7.72. The first-order valence-electron chi connectivity index (χ1n) is 6.41. The first-order valence-corrected chi connectivity index (χ1v) is 9.43. The lowest BCUT2D eigenvalue weighted by Gasteiger charge is -2.21. The Hall–Kier alpha value is -0.830. The summed E-state index contributed by atoms with van der Waals surface area (Å²) in [5.41, 5.74) is -0.297. The summed E-state index contributed by atoms with van der Waals surface area (Å²) in [7, 11) is -3.84. The Morgan fingerprint density at radius 3 is 2.67 bits per heavy atom. The van der Waals surface area contributed by atoms with Crippen molar-refractivity contribution in [1.29, 1.82) is 0 Å². The minimum absolute atomic E-state index is 0.0210. The number of hydrogen-bond acceptors (Lipinski definition) is 5. The molecule has 1 N–H and O–H groups in total. The number of nitrogens with zero attached hydrogens (tertiary/aromatic N) is 1. The van der Waals surface area contributed by atoms with Crippen LogP contribution in [0.3, 0.4) is 0 Å². The van der Waals surface area contributed by atoms with Gasteiger partial charge in [0.15, 0.2) is 0 Å². The maximum Gasteiger partial charge on any atom is 0.270 e. The molecule has 0 saturated carbocycles. The third-order valence-corrected chi connectivity index (χ3v) is 6.27. The van der Waals surface area contributed by atoms with Gasteiger partial charge in [-0.25, -0.2) is 13.1 Å². The van der Waals surface area contributed by atoms with Crippen LogP contribution < -0.4 is 4.72 Å². The zero-order chi connectivity index (χ0) is 15.5. The SMILES string of the molecule is O=[N+]([O-])c1ccc(Cl)c(S(=O)(=O)NCC2CCSCC2)c1. The van der Waals surface area contributed by atoms with Crippen LogP contribution in [0.5, 0.6) is 0 Å². The minimum atomic E-state index is -3.84. The highest BCUT2D eigenvalue weighted by Gasteiger charge is 2.23. The smallest absolute Gasteiger partial charge is 0.258 e. The molecule has 1 aliphatic heterocycles. The van der Waals surface area contributed by atoms with Crippen molar-refractivity contribution in [3.05, 3.63) is 33.3 Å². The number of thioether (sulfide) groups is 1. The van der Waals surface area contributed by atoms with Crippen molar-refractivity contribution >= 4 is 39.1 Å². The Morgan fingerprint density at radius 1 is 1.38 bits per heavy atom. The summed E-state index contributed by atoms with van der Waals surface area (Å²) in [6, 6.07) is 3.40. The topological polar surface area (TPSA) is 89.3 Å². The maximum absolute atomic E-state index is 12.2. The van der Waals surface area contributed by atoms with Gasteiger partial charge in [-0.2, -0.15) is 11.8 Å². The van der Waals surface area contributed by atoms with E-state index in [1.807, 2.05) is 11.8 Å². The highest BCUT2D eigenvalue weighted by molar-refractivity contribution is 7.99. The predicted molar refractivity (Wildman–Crippen MR) is 83.3 cm³/mol. The molecule has 1 aromatic carbocycles. The van der Waals surface area contributed by atoms with Gasteiger partial charge in [0.1, 0.15) is 4.90 Å². The van der Waals surface area contributed by atoms with Gasteiger partial charge in [-0.05, 0) is 36.3 Å². The first kappa shape index (κ1) is 16.5. The Bertz CT molecular complexity index is 630. The Kier molecular flexibility index (Phi) is 5.48. The number of nitrogens with one attached hydrogen (secondary N) is 1. The van der Waals surface area contributed by atoms with Gasteiger partial charge in [0.05, 0.1) is 9.95 Å². The van der Waals surface area contributed by atoms with Gasteiger partial charge in [0, 0.05) is 18.7 Å². The standard InChI is InChI=1S/C12H15ClN2O4S2/c13-11-2-1-10(15(16)17)7-12(11)21(18,19)14-8-9-3-5-20-6-4-9/h1-2,7,9,14H,3-6,8H2. The number of halogens is 1. The van der Waals surface area contributed by atoms with Crippen molar-refractivity contribution in [1.82, 2.24) is 4.72 Å². The molecule has 0 radical (unpaired) electrons. The fourth-order valence-electron chi connectivity index (χ4n) is 2.07. The van der Waals surface area contributed by atoms with E-state index in [1.54, 1.807) is 0 Å². The third-order valence-electron chi connectivity index (χ3n) is 3.32. The van der Waals surface area contributed by atoms with E-state index in [1.165, 1.54) is 12.1 Å². The van der Waals surface area contributed by atoms with E-state index in [0.717, 1.165) is 30.4 Å². The van der Waals surface area contributed by atoms with Crippen LogP contribution >= 0.6 is 23.4 Å². The van der Waals surface area contributed by atoms with Gasteiger partial charge in [-0.15, -0.1) is 0 Å². The summed E-state index contributed by atoms with van der Waals surface area (Å²) in [5.74, 6) is 2.37. The molecule has 9 heteroatoms. The largest absolute Gasteiger partial charge is 0.270 e. The molecule has 21 heavy (non-hydrogen) atoms. The molecule has 2 rings (SSSR count). The molecule has 0 aromatic heterocycles. The van der Waals surface area contributed by atoms with Gasteiger partial charge in [-0.3, -0.25) is 10.1 Å². The molecule has 1 heterocycles. The number of nitro groups is 1. The first-order chi connectivity index (χ1) is 9.90. The minimum Gasteiger partial charge on any atom is -0.258 e. The van der Waals surface area contributed by atoms with Crippen LogP contribution in [0.25, 0.3) is 0 Å². The van der Waals surface area contributed by atoms with Crippen LogP contribution in [0.4, 0.5) is 5.69 Å². The average molecular weight is 351 g/mol. The van der Waals surface area contributed by atoms with Gasteiger partial charge < -0.3 is 0 Å². The van der Waals surface area contributed by atoms with Crippen molar-refractivity contribution in [3.63, 3.8) is 0 Å². The molecule has 0 unspecified atom stereocenters. The molecular formula is C12H15ClN2O4S2. The Labute approximate surface area is 132 Å². The second kappa shape index (κ2) is 6.95. The van der Waals surface area contributed by atoms with Crippen molar-refractivity contribution in [2.75, 3.05) is 18.1 Å². The van der Waals surface area contributed by atoms with Crippen LogP contribution in [-0.2, 0) is 10.0 Å². The predicted octanol–water partition coefficient (Wildman–Crippen LogP) is 2.67. The van der Waals surface area contributed by atoms with E-state index in [9.17, 15) is 18.5 Å². The van der Waals surface area contributed by atoms with E-state index in [4.69, 9.17) is 11.6 Å². The number of hydrogen-bond donors (Lipinski definition) is 1. The highest BCUT2D eigenvalue weighted by atomic mass is 35.5. The fourth-order valence-corrected chi connectivity index (χ4v) is 4.91. The van der Waals surface area contributed by atoms with Gasteiger partial charge >= 0.3 is 0 Å². The molecule has 1 aromatic rings. The molecule has 0 amide bonds. The van der Waals surface area contributed by atoms with E-state index >= 15 is 0 Å². The molecule has 6 nitrogen and oxygen atoms in total. The van der Waals surface area contributed by atoms with E-state index in [0.29, 0.717) is 12.5 Å². The number of sulfonamides is 1. The summed E-state index contributed by atoms with van der Waals surface area (Å²) in [5, 5.41) is 10.7. The monoisotopic (exact) mass is 350 g/mol. The Morgan fingerprint density at radius 2 is 2.05 bits per heavy atom. The lowest BCUT2D eigenvalue weighted by molar-refractivity contribution is -0.385. The van der Waals surface area contributed by atoms with Crippen molar-refractivity contribution in [2.24, 2.45) is 5.92 Å². The summed E-state index contributed by atoms with van der Waals surface area (Å²) in [6.45, 7) is 0.335. The number of nitro benzene ring substituents is 1. The van der Waals surface area contributed by atoms with Crippen LogP contribution in [0.15, 0.2) is 23.1 Å². The number of benzene rings is 1. The highest BCUT2D eigenvalue weighted by Crippen LogP contribution is 2.27. The molecule has 0 atom stereocenters. The third kappa shape index (κ3) is 4.32. The second-order valence-corrected chi connectivity index (χ2v) is 8.15. The van der Waals surface area contributed by atoms with Crippen LogP contribution in [0.1, 0.15) is 12.8 Å². The fraction of sp³-hybridized carbons (Fsp3) is 0.500. The summed E-state index contributed by atoms with van der Waals surface area (Å²) < 4.78 is 27.0. The molecular weight excluding hydrogens is 336 g/mol. The van der Waals surface area contributed by atoms with E-state index in [2.05, 4.69) is 4.72 Å². The van der Waals surface area contributed by atoms with Crippen molar-refractivity contribution < 1.29 is 13.3 Å². The van der Waals surface area contributed by atoms with Crippen LogP contribution in [0, 0.1) is 16.0 Å². The van der Waals surface area contributed by atoms with E-state index in [-0.39, 0.29) is 15.6 Å². The average Bonchev–Trinajstić information content (AvgIpc) is 2.46. The second-order valence-electron chi connectivity index (χ2n) is 4.78. The molecule has 0 bridgehead atoms. The molecule has 116 valence electrons. The molecule has 1 aliphatic rings. The lowest BCUT2D eigenvalue weighted by Crippen LogP contribution is -2.31. The molecule has 0 aliphatic carbocycles. The van der Waals surface area contributed by atoms with Crippen LogP contribution in [0.2, 0.25) is 5.02 Å². The summed E-state index contributed by atoms with van der Waals surface area (Å²) in [4.78, 5) is 9.85. The molecule has 1 fully saturated rings. The summed E-state index contributed by atoms with van der Waals surface area (Å²) in [6.07, 6.45) is 1.94. The van der Waals surface area contributed by atoms with E-state index < -0.39 is 14.9 Å². The lowest BCUT2D eigenvalue weighted by atomic mass is 10.0. The van der Waals surface area contributed by atoms with Gasteiger partial charge in [0.2, 0.25) is 10.0 Å². The van der Waals surface area contributed by atoms with Crippen molar-refractivity contribution in [3.8, 4) is 0 Å². The quantitative estimate of drug-likeness (QED) is 0.651. The normalized spacial score (nSPS) is 16.8. The molecule has 1 saturated heterocycles. The zero-order valence-electron chi connectivity index (χ0n) is 11.1.